The zero-order valence-electron chi connectivity index (χ0n) is 13.9. The summed E-state index contributed by atoms with van der Waals surface area (Å²) in [6, 6.07) is 4.59. The molecule has 0 amide bonds. The maximum atomic E-state index is 5.55. The molecule has 4 rings (SSSR count). The summed E-state index contributed by atoms with van der Waals surface area (Å²) in [5, 5.41) is 10.6. The van der Waals surface area contributed by atoms with Crippen molar-refractivity contribution in [2.24, 2.45) is 0 Å². The molecule has 1 saturated heterocycles. The van der Waals surface area contributed by atoms with Crippen molar-refractivity contribution >= 4 is 11.3 Å². The van der Waals surface area contributed by atoms with E-state index in [1.54, 1.807) is 11.3 Å². The third kappa shape index (κ3) is 3.01. The van der Waals surface area contributed by atoms with E-state index < -0.39 is 0 Å². The lowest BCUT2D eigenvalue weighted by Gasteiger charge is -2.28. The first-order valence-electron chi connectivity index (χ1n) is 8.33. The van der Waals surface area contributed by atoms with Gasteiger partial charge in [0, 0.05) is 12.2 Å². The first-order valence-corrected chi connectivity index (χ1v) is 9.21. The van der Waals surface area contributed by atoms with Crippen LogP contribution >= 0.6 is 11.3 Å². The van der Waals surface area contributed by atoms with Gasteiger partial charge >= 0.3 is 0 Å². The average Bonchev–Trinajstić information content (AvgIpc) is 3.35. The van der Waals surface area contributed by atoms with E-state index in [2.05, 4.69) is 40.2 Å². The number of nitrogens with zero attached hydrogens (tertiary/aromatic N) is 5. The van der Waals surface area contributed by atoms with E-state index in [1.807, 2.05) is 28.4 Å². The van der Waals surface area contributed by atoms with E-state index in [4.69, 9.17) is 4.52 Å². The third-order valence-corrected chi connectivity index (χ3v) is 5.49. The second-order valence-corrected chi connectivity index (χ2v) is 7.33. The fraction of sp³-hybridized carbons (Fsp3) is 0.471. The van der Waals surface area contributed by atoms with Crippen LogP contribution in [-0.4, -0.2) is 37.4 Å². The fourth-order valence-electron chi connectivity index (χ4n) is 3.40. The number of hydrogen-bond donors (Lipinski definition) is 0. The van der Waals surface area contributed by atoms with Crippen molar-refractivity contribution in [3.63, 3.8) is 0 Å². The Bertz CT molecular complexity index is 794. The van der Waals surface area contributed by atoms with Gasteiger partial charge in [0.05, 0.1) is 23.7 Å². The van der Waals surface area contributed by atoms with Gasteiger partial charge in [0.15, 0.2) is 0 Å². The Morgan fingerprint density at radius 1 is 1.46 bits per heavy atom. The van der Waals surface area contributed by atoms with Gasteiger partial charge in [0.2, 0.25) is 11.7 Å². The molecule has 24 heavy (non-hydrogen) atoms. The van der Waals surface area contributed by atoms with Crippen LogP contribution in [0.2, 0.25) is 0 Å². The molecule has 1 aliphatic heterocycles. The molecule has 0 saturated carbocycles. The predicted molar refractivity (Wildman–Crippen MR) is 92.7 cm³/mol. The van der Waals surface area contributed by atoms with Crippen molar-refractivity contribution in [1.82, 2.24) is 24.8 Å². The summed E-state index contributed by atoms with van der Waals surface area (Å²) in [6.07, 6.45) is 6.38. The van der Waals surface area contributed by atoms with Crippen molar-refractivity contribution in [2.75, 3.05) is 6.54 Å². The first kappa shape index (κ1) is 15.5. The number of hydrogen-bond acceptors (Lipinski definition) is 6. The van der Waals surface area contributed by atoms with Gasteiger partial charge in [-0.25, -0.2) is 0 Å². The summed E-state index contributed by atoms with van der Waals surface area (Å²) in [6.45, 7) is 6.19. The molecular formula is C17H21N5OS. The highest BCUT2D eigenvalue weighted by Crippen LogP contribution is 2.31. The number of rotatable bonds is 5. The van der Waals surface area contributed by atoms with E-state index in [0.29, 0.717) is 17.8 Å². The van der Waals surface area contributed by atoms with Crippen LogP contribution in [0, 0.1) is 6.92 Å². The topological polar surface area (TPSA) is 60.0 Å². The molecular weight excluding hydrogens is 322 g/mol. The number of aryl methyl sites for hydroxylation is 1. The second-order valence-electron chi connectivity index (χ2n) is 6.38. The van der Waals surface area contributed by atoms with Crippen LogP contribution in [0.5, 0.6) is 0 Å². The Morgan fingerprint density at radius 3 is 3.12 bits per heavy atom. The van der Waals surface area contributed by atoms with Crippen LogP contribution in [0.1, 0.15) is 37.3 Å². The van der Waals surface area contributed by atoms with Gasteiger partial charge in [0.1, 0.15) is 0 Å². The standard InChI is InChI=1S/C17H21N5OS/c1-12-9-18-21(10-12)11-14-5-3-7-22(14)13(2)17-19-16(20-23-17)15-6-4-8-24-15/h4,6,8-10,13-14H,3,5,7,11H2,1-2H3/t13-,14+/m1/s1. The molecule has 0 spiro atoms. The zero-order valence-corrected chi connectivity index (χ0v) is 14.7. The summed E-state index contributed by atoms with van der Waals surface area (Å²) in [7, 11) is 0. The number of aromatic nitrogens is 4. The molecule has 2 atom stereocenters. The van der Waals surface area contributed by atoms with Crippen molar-refractivity contribution < 1.29 is 4.52 Å². The molecule has 7 heteroatoms. The maximum absolute atomic E-state index is 5.55. The van der Waals surface area contributed by atoms with Crippen LogP contribution in [-0.2, 0) is 6.54 Å². The highest BCUT2D eigenvalue weighted by Gasteiger charge is 2.32. The van der Waals surface area contributed by atoms with Crippen LogP contribution in [0.4, 0.5) is 0 Å². The molecule has 0 N–H and O–H groups in total. The Hall–Kier alpha value is -1.99. The molecule has 3 aromatic heterocycles. The molecule has 4 heterocycles. The third-order valence-electron chi connectivity index (χ3n) is 4.62. The van der Waals surface area contributed by atoms with E-state index in [0.717, 1.165) is 18.0 Å². The second kappa shape index (κ2) is 6.49. The highest BCUT2D eigenvalue weighted by molar-refractivity contribution is 7.13. The average molecular weight is 343 g/mol. The lowest BCUT2D eigenvalue weighted by Crippen LogP contribution is -2.35. The largest absolute Gasteiger partial charge is 0.337 e. The van der Waals surface area contributed by atoms with E-state index in [1.165, 1.54) is 18.4 Å². The molecule has 0 aromatic carbocycles. The molecule has 0 bridgehead atoms. The maximum Gasteiger partial charge on any atom is 0.244 e. The minimum atomic E-state index is 0.121. The minimum Gasteiger partial charge on any atom is -0.337 e. The van der Waals surface area contributed by atoms with Crippen molar-refractivity contribution in [2.45, 2.75) is 45.3 Å². The molecule has 0 unspecified atom stereocenters. The monoisotopic (exact) mass is 343 g/mol. The highest BCUT2D eigenvalue weighted by atomic mass is 32.1. The Labute approximate surface area is 145 Å². The first-order chi connectivity index (χ1) is 11.7. The summed E-state index contributed by atoms with van der Waals surface area (Å²) >= 11 is 1.63. The van der Waals surface area contributed by atoms with Crippen LogP contribution < -0.4 is 0 Å². The van der Waals surface area contributed by atoms with E-state index in [9.17, 15) is 0 Å². The summed E-state index contributed by atoms with van der Waals surface area (Å²) < 4.78 is 7.58. The Kier molecular flexibility index (Phi) is 4.20. The molecule has 0 aliphatic carbocycles. The normalized spacial score (nSPS) is 19.8. The predicted octanol–water partition coefficient (Wildman–Crippen LogP) is 3.53. The molecule has 126 valence electrons. The summed E-state index contributed by atoms with van der Waals surface area (Å²) in [4.78, 5) is 8.12. The van der Waals surface area contributed by atoms with Gasteiger partial charge in [-0.15, -0.1) is 11.3 Å². The smallest absolute Gasteiger partial charge is 0.244 e. The van der Waals surface area contributed by atoms with Gasteiger partial charge in [-0.3, -0.25) is 9.58 Å². The lowest BCUT2D eigenvalue weighted by atomic mass is 10.2. The van der Waals surface area contributed by atoms with Gasteiger partial charge in [-0.05, 0) is 50.2 Å². The SMILES string of the molecule is Cc1cnn(C[C@@H]2CCCN2[C@H](C)c2nc(-c3cccs3)no2)c1. The van der Waals surface area contributed by atoms with Gasteiger partial charge in [0.25, 0.3) is 0 Å². The number of thiophene rings is 1. The Balaban J connectivity index is 1.49. The molecule has 3 aromatic rings. The van der Waals surface area contributed by atoms with Crippen molar-refractivity contribution in [3.8, 4) is 10.7 Å². The van der Waals surface area contributed by atoms with Crippen LogP contribution in [0.15, 0.2) is 34.4 Å². The number of likely N-dealkylation sites (tertiary alicyclic amines) is 1. The molecule has 1 aliphatic rings. The quantitative estimate of drug-likeness (QED) is 0.709. The lowest BCUT2D eigenvalue weighted by molar-refractivity contribution is 0.144. The van der Waals surface area contributed by atoms with Gasteiger partial charge in [-0.2, -0.15) is 10.1 Å². The van der Waals surface area contributed by atoms with E-state index >= 15 is 0 Å². The molecule has 0 radical (unpaired) electrons. The van der Waals surface area contributed by atoms with Gasteiger partial charge < -0.3 is 4.52 Å². The van der Waals surface area contributed by atoms with Crippen LogP contribution in [0.3, 0.4) is 0 Å². The molecule has 1 fully saturated rings. The van der Waals surface area contributed by atoms with E-state index in [-0.39, 0.29) is 6.04 Å². The fourth-order valence-corrected chi connectivity index (χ4v) is 4.05. The zero-order chi connectivity index (χ0) is 16.5. The Morgan fingerprint density at radius 2 is 2.38 bits per heavy atom. The molecule has 6 nitrogen and oxygen atoms in total. The minimum absolute atomic E-state index is 0.121. The summed E-state index contributed by atoms with van der Waals surface area (Å²) in [5.41, 5.74) is 1.20. The van der Waals surface area contributed by atoms with Crippen LogP contribution in [0.25, 0.3) is 10.7 Å². The van der Waals surface area contributed by atoms with Crippen molar-refractivity contribution in [3.05, 3.63) is 41.4 Å². The van der Waals surface area contributed by atoms with Crippen molar-refractivity contribution in [1.29, 1.82) is 0 Å². The summed E-state index contributed by atoms with van der Waals surface area (Å²) in [5.74, 6) is 1.38. The van der Waals surface area contributed by atoms with Gasteiger partial charge in [-0.1, -0.05) is 11.2 Å².